The second-order valence-electron chi connectivity index (χ2n) is 6.47. The second-order valence-corrected chi connectivity index (χ2v) is 6.47. The first-order valence-corrected chi connectivity index (χ1v) is 8.44. The van der Waals surface area contributed by atoms with Gasteiger partial charge in [-0.25, -0.2) is 4.39 Å². The van der Waals surface area contributed by atoms with E-state index < -0.39 is 0 Å². The number of benzene rings is 2. The van der Waals surface area contributed by atoms with E-state index in [1.807, 2.05) is 17.0 Å². The van der Waals surface area contributed by atoms with E-state index in [9.17, 15) is 14.3 Å². The fourth-order valence-electron chi connectivity index (χ4n) is 3.33. The average molecular weight is 327 g/mol. The Morgan fingerprint density at radius 3 is 2.75 bits per heavy atom. The van der Waals surface area contributed by atoms with Crippen molar-refractivity contribution in [3.8, 4) is 5.75 Å². The highest BCUT2D eigenvalue weighted by molar-refractivity contribution is 5.94. The number of hydrogen-bond acceptors (Lipinski definition) is 2. The van der Waals surface area contributed by atoms with Gasteiger partial charge in [0, 0.05) is 18.7 Å². The molecule has 1 heterocycles. The minimum atomic E-state index is -0.209. The zero-order chi connectivity index (χ0) is 16.9. The second kappa shape index (κ2) is 7.47. The molecule has 2 aromatic rings. The number of rotatable bonds is 4. The first kappa shape index (κ1) is 16.5. The third-order valence-corrected chi connectivity index (χ3v) is 4.65. The number of halogens is 1. The van der Waals surface area contributed by atoms with E-state index in [0.717, 1.165) is 44.3 Å². The van der Waals surface area contributed by atoms with E-state index in [0.29, 0.717) is 11.5 Å². The fourth-order valence-corrected chi connectivity index (χ4v) is 3.33. The molecule has 0 aromatic heterocycles. The highest BCUT2D eigenvalue weighted by Gasteiger charge is 2.24. The molecule has 0 saturated carbocycles. The number of nitrogens with zero attached hydrogens (tertiary/aromatic N) is 1. The average Bonchev–Trinajstić information content (AvgIpc) is 2.61. The topological polar surface area (TPSA) is 40.5 Å². The molecule has 0 spiro atoms. The third-order valence-electron chi connectivity index (χ3n) is 4.65. The molecule has 1 amide bonds. The lowest BCUT2D eigenvalue weighted by Crippen LogP contribution is -2.40. The summed E-state index contributed by atoms with van der Waals surface area (Å²) in [6.45, 7) is 1.51. The molecule has 1 N–H and O–H groups in total. The van der Waals surface area contributed by atoms with Crippen molar-refractivity contribution in [2.75, 3.05) is 13.1 Å². The first-order valence-electron chi connectivity index (χ1n) is 8.44. The first-order chi connectivity index (χ1) is 11.6. The summed E-state index contributed by atoms with van der Waals surface area (Å²) in [5.41, 5.74) is 1.67. The summed E-state index contributed by atoms with van der Waals surface area (Å²) in [6, 6.07) is 13.2. The quantitative estimate of drug-likeness (QED) is 0.921. The summed E-state index contributed by atoms with van der Waals surface area (Å²) in [5.74, 6) is 0.354. The molecule has 126 valence electrons. The van der Waals surface area contributed by atoms with Crippen LogP contribution >= 0.6 is 0 Å². The van der Waals surface area contributed by atoms with Crippen LogP contribution in [0.2, 0.25) is 0 Å². The van der Waals surface area contributed by atoms with Gasteiger partial charge in [0.25, 0.3) is 5.91 Å². The summed E-state index contributed by atoms with van der Waals surface area (Å²) in [4.78, 5) is 14.5. The lowest BCUT2D eigenvalue weighted by atomic mass is 9.91. The van der Waals surface area contributed by atoms with Gasteiger partial charge in [0.15, 0.2) is 0 Å². The van der Waals surface area contributed by atoms with Crippen LogP contribution in [0.1, 0.15) is 35.2 Å². The van der Waals surface area contributed by atoms with E-state index in [1.165, 1.54) is 18.2 Å². The Balaban J connectivity index is 1.57. The highest BCUT2D eigenvalue weighted by Crippen LogP contribution is 2.24. The Kier molecular flexibility index (Phi) is 5.14. The fraction of sp³-hybridized carbons (Fsp3) is 0.350. The Bertz CT molecular complexity index is 699. The molecule has 0 unspecified atom stereocenters. The number of amides is 1. The molecule has 0 bridgehead atoms. The van der Waals surface area contributed by atoms with Gasteiger partial charge in [0.1, 0.15) is 11.6 Å². The molecule has 4 heteroatoms. The van der Waals surface area contributed by atoms with Crippen LogP contribution in [-0.2, 0) is 6.42 Å². The SMILES string of the molecule is O=C(c1cccc(O)c1)N1CCC[C@@H](CCc2ccc(F)cc2)C1. The van der Waals surface area contributed by atoms with E-state index in [1.54, 1.807) is 18.2 Å². The number of phenols is 1. The maximum Gasteiger partial charge on any atom is 0.253 e. The van der Waals surface area contributed by atoms with Gasteiger partial charge in [0.05, 0.1) is 0 Å². The normalized spacial score (nSPS) is 17.7. The maximum absolute atomic E-state index is 12.9. The van der Waals surface area contributed by atoms with Crippen molar-refractivity contribution >= 4 is 5.91 Å². The van der Waals surface area contributed by atoms with E-state index in [2.05, 4.69) is 0 Å². The largest absolute Gasteiger partial charge is 0.508 e. The van der Waals surface area contributed by atoms with Crippen molar-refractivity contribution < 1.29 is 14.3 Å². The van der Waals surface area contributed by atoms with Crippen molar-refractivity contribution in [3.63, 3.8) is 0 Å². The molecular weight excluding hydrogens is 305 g/mol. The molecule has 1 saturated heterocycles. The number of likely N-dealkylation sites (tertiary alicyclic amines) is 1. The number of piperidine rings is 1. The van der Waals surface area contributed by atoms with E-state index in [4.69, 9.17) is 0 Å². The zero-order valence-corrected chi connectivity index (χ0v) is 13.6. The van der Waals surface area contributed by atoms with E-state index in [-0.39, 0.29) is 17.5 Å². The van der Waals surface area contributed by atoms with Gasteiger partial charge >= 0.3 is 0 Å². The number of aromatic hydroxyl groups is 1. The van der Waals surface area contributed by atoms with Gasteiger partial charge in [-0.2, -0.15) is 0 Å². The minimum Gasteiger partial charge on any atom is -0.508 e. The number of carbonyl (C=O) groups is 1. The van der Waals surface area contributed by atoms with Gasteiger partial charge < -0.3 is 10.0 Å². The molecule has 0 radical (unpaired) electrons. The number of hydrogen-bond donors (Lipinski definition) is 1. The predicted molar refractivity (Wildman–Crippen MR) is 91.5 cm³/mol. The molecular formula is C20H22FNO2. The molecule has 1 aliphatic heterocycles. The lowest BCUT2D eigenvalue weighted by molar-refractivity contribution is 0.0668. The number of aryl methyl sites for hydroxylation is 1. The van der Waals surface area contributed by atoms with Crippen LogP contribution in [0.3, 0.4) is 0 Å². The van der Waals surface area contributed by atoms with Crippen LogP contribution in [0.15, 0.2) is 48.5 Å². The van der Waals surface area contributed by atoms with Crippen molar-refractivity contribution in [3.05, 3.63) is 65.5 Å². The predicted octanol–water partition coefficient (Wildman–Crippen LogP) is 4.02. The molecule has 24 heavy (non-hydrogen) atoms. The summed E-state index contributed by atoms with van der Waals surface area (Å²) in [7, 11) is 0. The van der Waals surface area contributed by atoms with Crippen molar-refractivity contribution in [2.24, 2.45) is 5.92 Å². The number of carbonyl (C=O) groups excluding carboxylic acids is 1. The highest BCUT2D eigenvalue weighted by atomic mass is 19.1. The van der Waals surface area contributed by atoms with Crippen LogP contribution < -0.4 is 0 Å². The lowest BCUT2D eigenvalue weighted by Gasteiger charge is -2.33. The Morgan fingerprint density at radius 2 is 2.00 bits per heavy atom. The smallest absolute Gasteiger partial charge is 0.253 e. The third kappa shape index (κ3) is 4.13. The Morgan fingerprint density at radius 1 is 1.21 bits per heavy atom. The van der Waals surface area contributed by atoms with Crippen molar-refractivity contribution in [1.82, 2.24) is 4.90 Å². The van der Waals surface area contributed by atoms with Crippen molar-refractivity contribution in [2.45, 2.75) is 25.7 Å². The Labute approximate surface area is 141 Å². The minimum absolute atomic E-state index is 0.0163. The molecule has 0 aliphatic carbocycles. The molecule has 1 aliphatic rings. The van der Waals surface area contributed by atoms with Crippen LogP contribution in [-0.4, -0.2) is 29.0 Å². The van der Waals surface area contributed by atoms with Gasteiger partial charge in [-0.1, -0.05) is 18.2 Å². The standard InChI is InChI=1S/C20H22FNO2/c21-18-10-8-15(9-11-18)6-7-16-3-2-12-22(14-16)20(24)17-4-1-5-19(23)13-17/h1,4-5,8-11,13,16,23H,2-3,6-7,12,14H2/t16-/m0/s1. The van der Waals surface area contributed by atoms with Gasteiger partial charge in [-0.3, -0.25) is 4.79 Å². The molecule has 1 atom stereocenters. The van der Waals surface area contributed by atoms with Gasteiger partial charge in [-0.05, 0) is 67.5 Å². The van der Waals surface area contributed by atoms with Crippen LogP contribution in [0.25, 0.3) is 0 Å². The maximum atomic E-state index is 12.9. The summed E-state index contributed by atoms with van der Waals surface area (Å²) in [5, 5.41) is 9.54. The van der Waals surface area contributed by atoms with Gasteiger partial charge in [0.2, 0.25) is 0 Å². The molecule has 2 aromatic carbocycles. The zero-order valence-electron chi connectivity index (χ0n) is 13.6. The van der Waals surface area contributed by atoms with E-state index >= 15 is 0 Å². The monoisotopic (exact) mass is 327 g/mol. The number of phenolic OH excluding ortho intramolecular Hbond substituents is 1. The van der Waals surface area contributed by atoms with Crippen LogP contribution in [0.4, 0.5) is 4.39 Å². The molecule has 3 nitrogen and oxygen atoms in total. The molecule has 3 rings (SSSR count). The summed E-state index contributed by atoms with van der Waals surface area (Å²) >= 11 is 0. The van der Waals surface area contributed by atoms with Crippen LogP contribution in [0.5, 0.6) is 5.75 Å². The summed E-state index contributed by atoms with van der Waals surface area (Å²) < 4.78 is 12.9. The molecule has 1 fully saturated rings. The van der Waals surface area contributed by atoms with Crippen molar-refractivity contribution in [1.29, 1.82) is 0 Å². The Hall–Kier alpha value is -2.36. The van der Waals surface area contributed by atoms with Gasteiger partial charge in [-0.15, -0.1) is 0 Å². The van der Waals surface area contributed by atoms with Crippen LogP contribution in [0, 0.1) is 11.7 Å². The summed E-state index contributed by atoms with van der Waals surface area (Å²) in [6.07, 6.45) is 4.01.